The number of rotatable bonds is 2. The van der Waals surface area contributed by atoms with Gasteiger partial charge in [0.05, 0.1) is 0 Å². The Labute approximate surface area is 95.9 Å². The van der Waals surface area contributed by atoms with Crippen molar-refractivity contribution in [2.24, 2.45) is 5.73 Å². The second-order valence-electron chi connectivity index (χ2n) is 3.08. The van der Waals surface area contributed by atoms with Crippen LogP contribution in [0.2, 0.25) is 0 Å². The summed E-state index contributed by atoms with van der Waals surface area (Å²) in [6.07, 6.45) is 0. The number of halogens is 1. The third-order valence-corrected chi connectivity index (χ3v) is 5.21. The van der Waals surface area contributed by atoms with E-state index < -0.39 is 9.05 Å². The molecular formula is C9H8ClNO2S2. The highest BCUT2D eigenvalue weighted by Crippen LogP contribution is 2.31. The molecule has 1 heterocycles. The molecule has 0 fully saturated rings. The van der Waals surface area contributed by atoms with Crippen LogP contribution < -0.4 is 5.73 Å². The van der Waals surface area contributed by atoms with Crippen molar-refractivity contribution in [1.82, 2.24) is 0 Å². The lowest BCUT2D eigenvalue weighted by atomic mass is 10.2. The van der Waals surface area contributed by atoms with Crippen molar-refractivity contribution < 1.29 is 8.42 Å². The molecule has 0 spiro atoms. The molecule has 0 saturated carbocycles. The standard InChI is InChI=1S/C9H8ClNO2S2/c10-15(12,13)9-4-7-2-1-6(5-11)3-8(7)14-9/h1-4H,5,11H2. The summed E-state index contributed by atoms with van der Waals surface area (Å²) >= 11 is 1.16. The first-order chi connectivity index (χ1) is 7.00. The Kier molecular flexibility index (Phi) is 2.72. The van der Waals surface area contributed by atoms with Crippen LogP contribution in [-0.2, 0) is 15.6 Å². The Balaban J connectivity index is 2.66. The molecule has 2 aromatic rings. The van der Waals surface area contributed by atoms with Crippen LogP contribution in [0.4, 0.5) is 0 Å². The molecule has 0 unspecified atom stereocenters. The molecular weight excluding hydrogens is 254 g/mol. The normalized spacial score (nSPS) is 12.1. The number of nitrogens with two attached hydrogens (primary N) is 1. The van der Waals surface area contributed by atoms with Gasteiger partial charge in [-0.1, -0.05) is 12.1 Å². The minimum Gasteiger partial charge on any atom is -0.326 e. The topological polar surface area (TPSA) is 60.2 Å². The van der Waals surface area contributed by atoms with Crippen LogP contribution in [0.1, 0.15) is 5.56 Å². The monoisotopic (exact) mass is 261 g/mol. The maximum absolute atomic E-state index is 11.1. The molecule has 2 rings (SSSR count). The third kappa shape index (κ3) is 2.15. The maximum Gasteiger partial charge on any atom is 0.270 e. The van der Waals surface area contributed by atoms with Crippen LogP contribution in [0.15, 0.2) is 28.5 Å². The van der Waals surface area contributed by atoms with Crippen molar-refractivity contribution in [2.75, 3.05) is 0 Å². The van der Waals surface area contributed by atoms with Gasteiger partial charge in [0.2, 0.25) is 0 Å². The number of hydrogen-bond acceptors (Lipinski definition) is 4. The zero-order chi connectivity index (χ0) is 11.1. The Morgan fingerprint density at radius 2 is 2.07 bits per heavy atom. The van der Waals surface area contributed by atoms with Crippen LogP contribution in [-0.4, -0.2) is 8.42 Å². The van der Waals surface area contributed by atoms with Gasteiger partial charge in [-0.15, -0.1) is 11.3 Å². The van der Waals surface area contributed by atoms with Crippen LogP contribution in [0.25, 0.3) is 10.1 Å². The van der Waals surface area contributed by atoms with Crippen molar-refractivity contribution in [2.45, 2.75) is 10.8 Å². The molecule has 1 aromatic carbocycles. The molecule has 0 bridgehead atoms. The molecule has 3 nitrogen and oxygen atoms in total. The second-order valence-corrected chi connectivity index (χ2v) is 6.96. The van der Waals surface area contributed by atoms with Crippen LogP contribution >= 0.6 is 22.0 Å². The number of fused-ring (bicyclic) bond motifs is 1. The Bertz CT molecular complexity index is 604. The number of hydrogen-bond donors (Lipinski definition) is 1. The molecule has 0 radical (unpaired) electrons. The van der Waals surface area contributed by atoms with E-state index in [2.05, 4.69) is 0 Å². The van der Waals surface area contributed by atoms with Gasteiger partial charge in [-0.2, -0.15) is 0 Å². The highest BCUT2D eigenvalue weighted by atomic mass is 35.7. The summed E-state index contributed by atoms with van der Waals surface area (Å²) in [4.78, 5) is 0. The van der Waals surface area contributed by atoms with E-state index in [1.807, 2.05) is 18.2 Å². The first kappa shape index (κ1) is 10.9. The average molecular weight is 262 g/mol. The van der Waals surface area contributed by atoms with E-state index in [-0.39, 0.29) is 4.21 Å². The lowest BCUT2D eigenvalue weighted by molar-refractivity contribution is 0.611. The lowest BCUT2D eigenvalue weighted by Crippen LogP contribution is -1.94. The van der Waals surface area contributed by atoms with Gasteiger partial charge in [-0.05, 0) is 23.1 Å². The van der Waals surface area contributed by atoms with Gasteiger partial charge in [-0.3, -0.25) is 0 Å². The zero-order valence-electron chi connectivity index (χ0n) is 7.60. The fourth-order valence-electron chi connectivity index (χ4n) is 1.30. The molecule has 0 amide bonds. The van der Waals surface area contributed by atoms with E-state index in [9.17, 15) is 8.42 Å². The van der Waals surface area contributed by atoms with E-state index in [4.69, 9.17) is 16.4 Å². The van der Waals surface area contributed by atoms with E-state index in [1.54, 1.807) is 6.07 Å². The molecule has 0 aliphatic rings. The molecule has 6 heteroatoms. The van der Waals surface area contributed by atoms with Gasteiger partial charge in [0, 0.05) is 21.9 Å². The predicted octanol–water partition coefficient (Wildman–Crippen LogP) is 2.29. The Morgan fingerprint density at radius 3 is 2.67 bits per heavy atom. The smallest absolute Gasteiger partial charge is 0.270 e. The summed E-state index contributed by atoms with van der Waals surface area (Å²) in [5.74, 6) is 0. The lowest BCUT2D eigenvalue weighted by Gasteiger charge is -1.94. The average Bonchev–Trinajstić information content (AvgIpc) is 2.59. The Morgan fingerprint density at radius 1 is 1.33 bits per heavy atom. The summed E-state index contributed by atoms with van der Waals surface area (Å²) in [6.45, 7) is 0.441. The van der Waals surface area contributed by atoms with Crippen LogP contribution in [0.3, 0.4) is 0 Å². The molecule has 0 aliphatic carbocycles. The molecule has 15 heavy (non-hydrogen) atoms. The molecule has 1 aromatic heterocycles. The quantitative estimate of drug-likeness (QED) is 0.844. The van der Waals surface area contributed by atoms with Crippen LogP contribution in [0, 0.1) is 0 Å². The highest BCUT2D eigenvalue weighted by molar-refractivity contribution is 8.15. The largest absolute Gasteiger partial charge is 0.326 e. The predicted molar refractivity (Wildman–Crippen MR) is 62.8 cm³/mol. The summed E-state index contributed by atoms with van der Waals surface area (Å²) in [5, 5.41) is 0.872. The van der Waals surface area contributed by atoms with Crippen molar-refractivity contribution in [3.05, 3.63) is 29.8 Å². The molecule has 0 aliphatic heterocycles. The summed E-state index contributed by atoms with van der Waals surface area (Å²) < 4.78 is 23.3. The van der Waals surface area contributed by atoms with Crippen molar-refractivity contribution in [3.8, 4) is 0 Å². The maximum atomic E-state index is 11.1. The molecule has 80 valence electrons. The fourth-order valence-corrected chi connectivity index (χ4v) is 3.51. The SMILES string of the molecule is NCc1ccc2cc(S(=O)(=O)Cl)sc2c1. The van der Waals surface area contributed by atoms with E-state index in [0.29, 0.717) is 6.54 Å². The van der Waals surface area contributed by atoms with E-state index in [1.165, 1.54) is 0 Å². The second kappa shape index (κ2) is 3.75. The first-order valence-electron chi connectivity index (χ1n) is 4.18. The molecule has 0 saturated heterocycles. The van der Waals surface area contributed by atoms with Gasteiger partial charge < -0.3 is 5.73 Å². The molecule has 2 N–H and O–H groups in total. The van der Waals surface area contributed by atoms with E-state index in [0.717, 1.165) is 27.0 Å². The fraction of sp³-hybridized carbons (Fsp3) is 0.111. The van der Waals surface area contributed by atoms with Gasteiger partial charge >= 0.3 is 0 Å². The number of benzene rings is 1. The van der Waals surface area contributed by atoms with Gasteiger partial charge in [0.15, 0.2) is 0 Å². The van der Waals surface area contributed by atoms with Gasteiger partial charge in [0.1, 0.15) is 4.21 Å². The minimum absolute atomic E-state index is 0.174. The van der Waals surface area contributed by atoms with Gasteiger partial charge in [-0.25, -0.2) is 8.42 Å². The summed E-state index contributed by atoms with van der Waals surface area (Å²) in [6, 6.07) is 7.17. The van der Waals surface area contributed by atoms with Crippen molar-refractivity contribution in [1.29, 1.82) is 0 Å². The summed E-state index contributed by atoms with van der Waals surface area (Å²) in [7, 11) is 1.64. The Hall–Kier alpha value is -0.620. The van der Waals surface area contributed by atoms with Crippen molar-refractivity contribution in [3.63, 3.8) is 0 Å². The number of thiophene rings is 1. The highest BCUT2D eigenvalue weighted by Gasteiger charge is 2.13. The summed E-state index contributed by atoms with van der Waals surface area (Å²) in [5.41, 5.74) is 6.47. The van der Waals surface area contributed by atoms with E-state index >= 15 is 0 Å². The molecule has 0 atom stereocenters. The van der Waals surface area contributed by atoms with Crippen LogP contribution in [0.5, 0.6) is 0 Å². The first-order valence-corrected chi connectivity index (χ1v) is 7.30. The van der Waals surface area contributed by atoms with Gasteiger partial charge in [0.25, 0.3) is 9.05 Å². The van der Waals surface area contributed by atoms with Crippen molar-refractivity contribution >= 4 is 41.2 Å². The third-order valence-electron chi connectivity index (χ3n) is 2.04. The minimum atomic E-state index is -3.62. The zero-order valence-corrected chi connectivity index (χ0v) is 9.99.